The number of ether oxygens (including phenoxy) is 1. The third kappa shape index (κ3) is 3.53. The summed E-state index contributed by atoms with van der Waals surface area (Å²) < 4.78 is 4.76. The minimum Gasteiger partial charge on any atom is -0.484 e. The molecule has 0 aromatic carbocycles. The summed E-state index contributed by atoms with van der Waals surface area (Å²) in [5, 5.41) is 8.08. The van der Waals surface area contributed by atoms with Crippen LogP contribution < -0.4 is 0 Å². The Morgan fingerprint density at radius 1 is 1.78 bits per heavy atom. The van der Waals surface area contributed by atoms with Gasteiger partial charge < -0.3 is 4.74 Å². The summed E-state index contributed by atoms with van der Waals surface area (Å²) in [6.45, 7) is 2.01. The first kappa shape index (κ1) is 7.96. The monoisotopic (exact) mass is 126 g/mol. The van der Waals surface area contributed by atoms with E-state index in [4.69, 9.17) is 10.00 Å². The van der Waals surface area contributed by atoms with E-state index in [9.17, 15) is 0 Å². The highest BCUT2D eigenvalue weighted by molar-refractivity contribution is 5.76. The van der Waals surface area contributed by atoms with E-state index in [1.165, 1.54) is 7.11 Å². The predicted octanol–water partition coefficient (Wildman–Crippen LogP) is 1.31. The van der Waals surface area contributed by atoms with Gasteiger partial charge in [-0.2, -0.15) is 5.26 Å². The van der Waals surface area contributed by atoms with Gasteiger partial charge in [-0.3, -0.25) is 0 Å². The fourth-order valence-corrected chi connectivity index (χ4v) is 0.473. The van der Waals surface area contributed by atoms with E-state index in [0.29, 0.717) is 5.90 Å². The number of methoxy groups -OCH3 is 1. The molecule has 0 heterocycles. The highest BCUT2D eigenvalue weighted by atomic mass is 16.5. The molecule has 0 saturated heterocycles. The molecule has 50 valence electrons. The molecular formula is C6H10N2O. The summed E-state index contributed by atoms with van der Waals surface area (Å²) in [5.41, 5.74) is 0. The van der Waals surface area contributed by atoms with Gasteiger partial charge in [-0.1, -0.05) is 6.92 Å². The second kappa shape index (κ2) is 5.10. The smallest absolute Gasteiger partial charge is 0.208 e. The van der Waals surface area contributed by atoms with Crippen LogP contribution in [0.3, 0.4) is 0 Å². The molecule has 3 heteroatoms. The van der Waals surface area contributed by atoms with Crippen molar-refractivity contribution in [3.63, 3.8) is 0 Å². The van der Waals surface area contributed by atoms with Crippen LogP contribution in [0.25, 0.3) is 0 Å². The Morgan fingerprint density at radius 3 is 2.78 bits per heavy atom. The van der Waals surface area contributed by atoms with Crippen molar-refractivity contribution in [1.82, 2.24) is 0 Å². The molecule has 0 saturated carbocycles. The molecule has 0 rings (SSSR count). The number of rotatable bonds is 2. The first-order valence-corrected chi connectivity index (χ1v) is 2.84. The zero-order chi connectivity index (χ0) is 7.11. The van der Waals surface area contributed by atoms with Crippen molar-refractivity contribution in [3.8, 4) is 6.19 Å². The zero-order valence-electron chi connectivity index (χ0n) is 5.72. The average molecular weight is 126 g/mol. The zero-order valence-corrected chi connectivity index (χ0v) is 5.72. The second-order valence-electron chi connectivity index (χ2n) is 1.56. The molecule has 0 N–H and O–H groups in total. The van der Waals surface area contributed by atoms with Crippen molar-refractivity contribution >= 4 is 5.90 Å². The highest BCUT2D eigenvalue weighted by Crippen LogP contribution is 1.91. The Kier molecular flexibility index (Phi) is 4.51. The molecule has 0 unspecified atom stereocenters. The van der Waals surface area contributed by atoms with E-state index in [2.05, 4.69) is 4.99 Å². The Balaban J connectivity index is 3.70. The molecule has 0 aliphatic carbocycles. The SMILES string of the molecule is CCCC(=NC#N)OC. The van der Waals surface area contributed by atoms with Gasteiger partial charge in [0, 0.05) is 6.42 Å². The van der Waals surface area contributed by atoms with Crippen molar-refractivity contribution in [2.75, 3.05) is 7.11 Å². The molecule has 0 aliphatic heterocycles. The highest BCUT2D eigenvalue weighted by Gasteiger charge is 1.92. The molecule has 0 amide bonds. The van der Waals surface area contributed by atoms with Crippen LogP contribution >= 0.6 is 0 Å². The maximum atomic E-state index is 8.08. The summed E-state index contributed by atoms with van der Waals surface area (Å²) in [5.74, 6) is 0.514. The second-order valence-corrected chi connectivity index (χ2v) is 1.56. The average Bonchev–Trinajstić information content (AvgIpc) is 1.88. The maximum Gasteiger partial charge on any atom is 0.208 e. The minimum atomic E-state index is 0.514. The quantitative estimate of drug-likeness (QED) is 0.318. The third-order valence-electron chi connectivity index (χ3n) is 0.874. The minimum absolute atomic E-state index is 0.514. The number of hydrogen-bond acceptors (Lipinski definition) is 3. The standard InChI is InChI=1S/C6H10N2O/c1-3-4-6(9-2)8-5-7/h3-4H2,1-2H3. The van der Waals surface area contributed by atoms with Crippen molar-refractivity contribution in [2.24, 2.45) is 4.99 Å². The van der Waals surface area contributed by atoms with Gasteiger partial charge in [0.25, 0.3) is 0 Å². The lowest BCUT2D eigenvalue weighted by Crippen LogP contribution is -1.98. The summed E-state index contributed by atoms with van der Waals surface area (Å²) in [6, 6.07) is 0. The van der Waals surface area contributed by atoms with E-state index in [1.807, 2.05) is 6.92 Å². The number of nitriles is 1. The summed E-state index contributed by atoms with van der Waals surface area (Å²) >= 11 is 0. The fraction of sp³-hybridized carbons (Fsp3) is 0.667. The molecule has 0 radical (unpaired) electrons. The number of aliphatic imine (C=N–C) groups is 1. The number of hydrogen-bond donors (Lipinski definition) is 0. The Bertz CT molecular complexity index is 134. The summed E-state index contributed by atoms with van der Waals surface area (Å²) in [7, 11) is 1.52. The topological polar surface area (TPSA) is 45.4 Å². The van der Waals surface area contributed by atoms with Gasteiger partial charge in [0.1, 0.15) is 0 Å². The molecule has 0 aliphatic rings. The van der Waals surface area contributed by atoms with E-state index < -0.39 is 0 Å². The van der Waals surface area contributed by atoms with E-state index in [-0.39, 0.29) is 0 Å². The van der Waals surface area contributed by atoms with Gasteiger partial charge in [-0.15, -0.1) is 4.99 Å². The Hall–Kier alpha value is -1.04. The van der Waals surface area contributed by atoms with Crippen molar-refractivity contribution in [2.45, 2.75) is 19.8 Å². The van der Waals surface area contributed by atoms with Crippen LogP contribution in [0.5, 0.6) is 0 Å². The molecular weight excluding hydrogens is 116 g/mol. The first-order valence-electron chi connectivity index (χ1n) is 2.84. The van der Waals surface area contributed by atoms with Gasteiger partial charge in [0.05, 0.1) is 7.11 Å². The van der Waals surface area contributed by atoms with Crippen LogP contribution in [-0.4, -0.2) is 13.0 Å². The molecule has 0 atom stereocenters. The van der Waals surface area contributed by atoms with Crippen LogP contribution in [0, 0.1) is 11.5 Å². The van der Waals surface area contributed by atoms with Crippen LogP contribution in [0.1, 0.15) is 19.8 Å². The maximum absolute atomic E-state index is 8.08. The summed E-state index contributed by atoms with van der Waals surface area (Å²) in [6.07, 6.45) is 3.36. The lowest BCUT2D eigenvalue weighted by atomic mass is 10.3. The lowest BCUT2D eigenvalue weighted by molar-refractivity contribution is 0.390. The molecule has 0 aromatic heterocycles. The van der Waals surface area contributed by atoms with E-state index in [0.717, 1.165) is 12.8 Å². The van der Waals surface area contributed by atoms with Crippen molar-refractivity contribution in [3.05, 3.63) is 0 Å². The van der Waals surface area contributed by atoms with Gasteiger partial charge in [-0.25, -0.2) is 0 Å². The third-order valence-corrected chi connectivity index (χ3v) is 0.874. The van der Waals surface area contributed by atoms with Gasteiger partial charge in [0.15, 0.2) is 5.90 Å². The molecule has 0 aromatic rings. The molecule has 0 bridgehead atoms. The van der Waals surface area contributed by atoms with Gasteiger partial charge in [0.2, 0.25) is 6.19 Å². The predicted molar refractivity (Wildman–Crippen MR) is 35.0 cm³/mol. The van der Waals surface area contributed by atoms with Crippen LogP contribution in [0.15, 0.2) is 4.99 Å². The van der Waals surface area contributed by atoms with E-state index >= 15 is 0 Å². The van der Waals surface area contributed by atoms with Crippen molar-refractivity contribution in [1.29, 1.82) is 5.26 Å². The molecule has 0 spiro atoms. The van der Waals surface area contributed by atoms with E-state index in [1.54, 1.807) is 6.19 Å². The van der Waals surface area contributed by atoms with Crippen LogP contribution in [0.4, 0.5) is 0 Å². The van der Waals surface area contributed by atoms with Crippen LogP contribution in [-0.2, 0) is 4.74 Å². The largest absolute Gasteiger partial charge is 0.484 e. The van der Waals surface area contributed by atoms with Gasteiger partial charge in [-0.05, 0) is 6.42 Å². The Labute approximate surface area is 55.0 Å². The lowest BCUT2D eigenvalue weighted by Gasteiger charge is -1.97. The molecule has 9 heavy (non-hydrogen) atoms. The van der Waals surface area contributed by atoms with Crippen molar-refractivity contribution < 1.29 is 4.74 Å². The van der Waals surface area contributed by atoms with Gasteiger partial charge >= 0.3 is 0 Å². The fourth-order valence-electron chi connectivity index (χ4n) is 0.473. The first-order chi connectivity index (χ1) is 4.35. The van der Waals surface area contributed by atoms with Crippen LogP contribution in [0.2, 0.25) is 0 Å². The molecule has 3 nitrogen and oxygen atoms in total. The Morgan fingerprint density at radius 2 is 2.44 bits per heavy atom. The molecule has 0 fully saturated rings. The number of nitrogens with zero attached hydrogens (tertiary/aromatic N) is 2. The summed E-state index contributed by atoms with van der Waals surface area (Å²) in [4.78, 5) is 3.43. The normalized spacial score (nSPS) is 10.6.